The number of anilines is 1. The van der Waals surface area contributed by atoms with Crippen LogP contribution in [0, 0.1) is 0 Å². The van der Waals surface area contributed by atoms with E-state index < -0.39 is 24.3 Å². The molecule has 0 radical (unpaired) electrons. The van der Waals surface area contributed by atoms with Gasteiger partial charge in [0.15, 0.2) is 17.3 Å². The maximum absolute atomic E-state index is 12.6. The summed E-state index contributed by atoms with van der Waals surface area (Å²) in [7, 11) is 5.97. The van der Waals surface area contributed by atoms with Crippen LogP contribution in [0.5, 0.6) is 23.0 Å². The summed E-state index contributed by atoms with van der Waals surface area (Å²) in [4.78, 5) is 25.8. The third-order valence-corrected chi connectivity index (χ3v) is 5.36. The Bertz CT molecular complexity index is 1190. The number of rotatable bonds is 11. The van der Waals surface area contributed by atoms with Crippen molar-refractivity contribution in [3.05, 3.63) is 36.5 Å². The number of aliphatic carboxylic acids is 1. The van der Waals surface area contributed by atoms with Crippen molar-refractivity contribution in [3.63, 3.8) is 0 Å². The lowest BCUT2D eigenvalue weighted by Gasteiger charge is -2.16. The van der Waals surface area contributed by atoms with Crippen molar-refractivity contribution < 1.29 is 38.2 Å². The SMILES string of the molecule is COc1ccc(-c2cnoc2-c2cc(OC)c(OC)c(OC)c2)cc1NC(=O)C(CC(=O)O)NCl. The number of benzene rings is 2. The molecule has 1 unspecified atom stereocenters. The Labute approximate surface area is 206 Å². The molecule has 11 nitrogen and oxygen atoms in total. The normalized spacial score (nSPS) is 11.5. The van der Waals surface area contributed by atoms with E-state index in [1.165, 1.54) is 34.6 Å². The first-order valence-corrected chi connectivity index (χ1v) is 10.6. The standard InChI is InChI=1S/C23H24ClN3O8/c1-31-17-6-5-12(7-15(17)26-23(30)16(27-24)10-20(28)29)14-11-25-35-21(14)13-8-18(32-2)22(34-4)19(9-13)33-3/h5-9,11,16,27H,10H2,1-4H3,(H,26,30)(H,28,29). The summed E-state index contributed by atoms with van der Waals surface area (Å²) in [6, 6.07) is 7.35. The minimum atomic E-state index is -1.18. The van der Waals surface area contributed by atoms with E-state index in [0.29, 0.717) is 51.1 Å². The smallest absolute Gasteiger partial charge is 0.305 e. The van der Waals surface area contributed by atoms with E-state index in [4.69, 9.17) is 40.4 Å². The molecule has 0 bridgehead atoms. The van der Waals surface area contributed by atoms with Gasteiger partial charge in [-0.2, -0.15) is 0 Å². The molecule has 1 heterocycles. The fourth-order valence-corrected chi connectivity index (χ4v) is 3.59. The number of carboxylic acid groups (broad SMARTS) is 1. The van der Waals surface area contributed by atoms with Crippen molar-refractivity contribution in [2.45, 2.75) is 12.5 Å². The molecule has 0 aliphatic heterocycles. The number of ether oxygens (including phenoxy) is 4. The molecule has 35 heavy (non-hydrogen) atoms. The number of carbonyl (C=O) groups is 2. The van der Waals surface area contributed by atoms with Crippen LogP contribution in [-0.4, -0.2) is 56.6 Å². The lowest BCUT2D eigenvalue weighted by Crippen LogP contribution is -2.37. The second kappa shape index (κ2) is 11.4. The summed E-state index contributed by atoms with van der Waals surface area (Å²) in [6.07, 6.45) is 1.02. The van der Waals surface area contributed by atoms with Gasteiger partial charge in [-0.15, -0.1) is 0 Å². The van der Waals surface area contributed by atoms with Crippen LogP contribution in [0.1, 0.15) is 6.42 Å². The summed E-state index contributed by atoms with van der Waals surface area (Å²) in [6.45, 7) is 0. The third kappa shape index (κ3) is 5.58. The first-order valence-electron chi connectivity index (χ1n) is 10.2. The average molecular weight is 506 g/mol. The van der Waals surface area contributed by atoms with Crippen LogP contribution in [0.4, 0.5) is 5.69 Å². The molecule has 0 saturated carbocycles. The number of nitrogens with one attached hydrogen (secondary N) is 2. The summed E-state index contributed by atoms with van der Waals surface area (Å²) in [5.74, 6) is 0.244. The Balaban J connectivity index is 2.03. The van der Waals surface area contributed by atoms with Gasteiger partial charge >= 0.3 is 5.97 Å². The molecule has 0 saturated heterocycles. The number of carbonyl (C=O) groups excluding carboxylic acids is 1. The molecule has 0 spiro atoms. The van der Waals surface area contributed by atoms with Crippen LogP contribution in [0.2, 0.25) is 0 Å². The largest absolute Gasteiger partial charge is 0.495 e. The van der Waals surface area contributed by atoms with Gasteiger partial charge in [0.2, 0.25) is 11.7 Å². The molecule has 1 atom stereocenters. The number of carboxylic acids is 1. The van der Waals surface area contributed by atoms with Crippen molar-refractivity contribution in [3.8, 4) is 45.4 Å². The van der Waals surface area contributed by atoms with Gasteiger partial charge in [-0.3, -0.25) is 9.59 Å². The molecule has 3 rings (SSSR count). The lowest BCUT2D eigenvalue weighted by atomic mass is 10.0. The highest BCUT2D eigenvalue weighted by Gasteiger charge is 2.23. The van der Waals surface area contributed by atoms with Crippen LogP contribution < -0.4 is 29.1 Å². The maximum atomic E-state index is 12.6. The van der Waals surface area contributed by atoms with Crippen LogP contribution in [0.3, 0.4) is 0 Å². The van der Waals surface area contributed by atoms with Crippen molar-refractivity contribution in [2.75, 3.05) is 33.8 Å². The zero-order chi connectivity index (χ0) is 25.5. The summed E-state index contributed by atoms with van der Waals surface area (Å²) >= 11 is 5.56. The molecule has 0 fully saturated rings. The fourth-order valence-electron chi connectivity index (χ4n) is 3.41. The molecule has 1 amide bonds. The molecule has 3 aromatic rings. The van der Waals surface area contributed by atoms with Crippen molar-refractivity contribution >= 4 is 29.3 Å². The molecule has 3 N–H and O–H groups in total. The quantitative estimate of drug-likeness (QED) is 0.331. The van der Waals surface area contributed by atoms with E-state index in [-0.39, 0.29) is 0 Å². The van der Waals surface area contributed by atoms with E-state index in [1.54, 1.807) is 30.3 Å². The first-order chi connectivity index (χ1) is 16.9. The Kier molecular flexibility index (Phi) is 8.39. The minimum absolute atomic E-state index is 0.300. The number of amides is 1. The predicted octanol–water partition coefficient (Wildman–Crippen LogP) is 3.57. The number of halogens is 1. The van der Waals surface area contributed by atoms with E-state index >= 15 is 0 Å². The topological polar surface area (TPSA) is 141 Å². The summed E-state index contributed by atoms with van der Waals surface area (Å²) in [5, 5.41) is 15.6. The zero-order valence-corrected chi connectivity index (χ0v) is 20.1. The first kappa shape index (κ1) is 25.7. The van der Waals surface area contributed by atoms with Gasteiger partial charge < -0.3 is 33.9 Å². The van der Waals surface area contributed by atoms with E-state index in [1.807, 2.05) is 0 Å². The van der Waals surface area contributed by atoms with Gasteiger partial charge in [0.1, 0.15) is 11.8 Å². The monoisotopic (exact) mass is 505 g/mol. The lowest BCUT2D eigenvalue weighted by molar-refractivity contribution is -0.139. The highest BCUT2D eigenvalue weighted by molar-refractivity contribution is 6.16. The Hall–Kier alpha value is -3.96. The van der Waals surface area contributed by atoms with Gasteiger partial charge in [-0.05, 0) is 41.6 Å². The third-order valence-electron chi connectivity index (χ3n) is 5.09. The number of hydrogen-bond acceptors (Lipinski definition) is 9. The molecule has 186 valence electrons. The van der Waals surface area contributed by atoms with Gasteiger partial charge in [-0.1, -0.05) is 11.2 Å². The molecular weight excluding hydrogens is 482 g/mol. The van der Waals surface area contributed by atoms with E-state index in [0.717, 1.165) is 0 Å². The molecule has 0 aliphatic carbocycles. The molecule has 0 aliphatic rings. The van der Waals surface area contributed by atoms with Crippen molar-refractivity contribution in [1.29, 1.82) is 0 Å². The fraction of sp³-hybridized carbons (Fsp3) is 0.261. The second-order valence-electron chi connectivity index (χ2n) is 7.15. The van der Waals surface area contributed by atoms with Crippen LogP contribution >= 0.6 is 11.8 Å². The second-order valence-corrected chi connectivity index (χ2v) is 7.36. The Morgan fingerprint density at radius 1 is 1.00 bits per heavy atom. The summed E-state index contributed by atoms with van der Waals surface area (Å²) < 4.78 is 27.1. The van der Waals surface area contributed by atoms with Crippen molar-refractivity contribution in [1.82, 2.24) is 9.99 Å². The Morgan fingerprint density at radius 3 is 2.20 bits per heavy atom. The maximum Gasteiger partial charge on any atom is 0.305 e. The molecule has 1 aromatic heterocycles. The number of hydrogen-bond donors (Lipinski definition) is 3. The van der Waals surface area contributed by atoms with Gasteiger partial charge in [0.05, 0.1) is 46.7 Å². The van der Waals surface area contributed by atoms with Crippen molar-refractivity contribution in [2.24, 2.45) is 0 Å². The van der Waals surface area contributed by atoms with Gasteiger partial charge in [0, 0.05) is 11.1 Å². The van der Waals surface area contributed by atoms with Crippen LogP contribution in [-0.2, 0) is 9.59 Å². The highest BCUT2D eigenvalue weighted by Crippen LogP contribution is 2.44. The van der Waals surface area contributed by atoms with E-state index in [9.17, 15) is 9.59 Å². The van der Waals surface area contributed by atoms with Crippen LogP contribution in [0.15, 0.2) is 41.1 Å². The van der Waals surface area contributed by atoms with Gasteiger partial charge in [-0.25, -0.2) is 4.84 Å². The molecular formula is C23H24ClN3O8. The predicted molar refractivity (Wildman–Crippen MR) is 127 cm³/mol. The molecule has 2 aromatic carbocycles. The minimum Gasteiger partial charge on any atom is -0.495 e. The molecule has 12 heteroatoms. The average Bonchev–Trinajstić information content (AvgIpc) is 3.36. The zero-order valence-electron chi connectivity index (χ0n) is 19.4. The number of methoxy groups -OCH3 is 4. The highest BCUT2D eigenvalue weighted by atomic mass is 35.5. The Morgan fingerprint density at radius 2 is 1.66 bits per heavy atom. The summed E-state index contributed by atoms with van der Waals surface area (Å²) in [5.41, 5.74) is 2.16. The van der Waals surface area contributed by atoms with E-state index in [2.05, 4.69) is 15.3 Å². The van der Waals surface area contributed by atoms with Crippen LogP contribution in [0.25, 0.3) is 22.5 Å². The number of nitrogens with zero attached hydrogens (tertiary/aromatic N) is 1. The van der Waals surface area contributed by atoms with Gasteiger partial charge in [0.25, 0.3) is 0 Å². The number of aromatic nitrogens is 1.